The van der Waals surface area contributed by atoms with Gasteiger partial charge in [-0.3, -0.25) is 4.90 Å². The second-order valence-electron chi connectivity index (χ2n) is 6.12. The third-order valence-electron chi connectivity index (χ3n) is 5.12. The van der Waals surface area contributed by atoms with E-state index < -0.39 is 0 Å². The molecule has 94 valence electrons. The molecule has 0 spiro atoms. The average Bonchev–Trinajstić information content (AvgIpc) is 2.34. The molecule has 2 fully saturated rings. The summed E-state index contributed by atoms with van der Waals surface area (Å²) in [5.74, 6) is 0.942. The third-order valence-corrected chi connectivity index (χ3v) is 5.12. The number of nitrogens with zero attached hydrogens (tertiary/aromatic N) is 1. The highest BCUT2D eigenvalue weighted by Crippen LogP contribution is 2.30. The van der Waals surface area contributed by atoms with Gasteiger partial charge in [-0.05, 0) is 39.2 Å². The molecule has 0 radical (unpaired) electrons. The molecule has 0 amide bonds. The minimum Gasteiger partial charge on any atom is -0.311 e. The van der Waals surface area contributed by atoms with Gasteiger partial charge in [0.15, 0.2) is 0 Å². The van der Waals surface area contributed by atoms with E-state index in [0.29, 0.717) is 5.54 Å². The molecular weight excluding hydrogens is 196 g/mol. The van der Waals surface area contributed by atoms with Gasteiger partial charge in [0.05, 0.1) is 0 Å². The molecule has 0 aromatic rings. The zero-order valence-corrected chi connectivity index (χ0v) is 11.3. The quantitative estimate of drug-likeness (QED) is 0.776. The van der Waals surface area contributed by atoms with Crippen molar-refractivity contribution >= 4 is 0 Å². The highest BCUT2D eigenvalue weighted by molar-refractivity contribution is 4.95. The van der Waals surface area contributed by atoms with Crippen LogP contribution in [-0.2, 0) is 0 Å². The molecule has 16 heavy (non-hydrogen) atoms. The van der Waals surface area contributed by atoms with E-state index in [2.05, 4.69) is 31.1 Å². The summed E-state index contributed by atoms with van der Waals surface area (Å²) >= 11 is 0. The first-order valence-corrected chi connectivity index (χ1v) is 7.10. The van der Waals surface area contributed by atoms with Crippen molar-refractivity contribution < 1.29 is 0 Å². The second kappa shape index (κ2) is 5.05. The summed E-state index contributed by atoms with van der Waals surface area (Å²) in [6.45, 7) is 7.10. The molecular formula is C14H28N2. The molecule has 1 heterocycles. The number of rotatable bonds is 2. The Morgan fingerprint density at radius 2 is 1.94 bits per heavy atom. The molecule has 2 nitrogen and oxygen atoms in total. The Kier molecular flexibility index (Phi) is 3.91. The Labute approximate surface area is 101 Å². The van der Waals surface area contributed by atoms with Gasteiger partial charge in [-0.2, -0.15) is 0 Å². The molecule has 2 atom stereocenters. The maximum Gasteiger partial charge on any atom is 0.0300 e. The molecule has 1 N–H and O–H groups in total. The van der Waals surface area contributed by atoms with Gasteiger partial charge in [0.2, 0.25) is 0 Å². The van der Waals surface area contributed by atoms with Crippen molar-refractivity contribution in [2.45, 2.75) is 64.0 Å². The van der Waals surface area contributed by atoms with E-state index >= 15 is 0 Å². The standard InChI is InChI=1S/C14H28N2/c1-4-14(2)11-15-13(10-16(14)3)12-8-6-5-7-9-12/h12-13,15H,4-11H2,1-3H3. The van der Waals surface area contributed by atoms with Crippen LogP contribution in [-0.4, -0.2) is 36.6 Å². The van der Waals surface area contributed by atoms with Gasteiger partial charge in [-0.25, -0.2) is 0 Å². The Bertz CT molecular complexity index is 223. The van der Waals surface area contributed by atoms with Gasteiger partial charge in [0, 0.05) is 24.7 Å². The third kappa shape index (κ3) is 2.43. The summed E-state index contributed by atoms with van der Waals surface area (Å²) in [6.07, 6.45) is 8.53. The molecule has 0 aromatic heterocycles. The van der Waals surface area contributed by atoms with E-state index in [0.717, 1.165) is 12.0 Å². The fraction of sp³-hybridized carbons (Fsp3) is 1.00. The normalized spacial score (nSPS) is 38.8. The average molecular weight is 224 g/mol. The molecule has 0 aromatic carbocycles. The van der Waals surface area contributed by atoms with Crippen LogP contribution in [0, 0.1) is 5.92 Å². The summed E-state index contributed by atoms with van der Waals surface area (Å²) in [4.78, 5) is 2.59. The lowest BCUT2D eigenvalue weighted by Crippen LogP contribution is -2.63. The summed E-state index contributed by atoms with van der Waals surface area (Å²) in [5.41, 5.74) is 0.380. The molecule has 0 bridgehead atoms. The number of likely N-dealkylation sites (N-methyl/N-ethyl adjacent to an activating group) is 1. The molecule has 2 aliphatic rings. The van der Waals surface area contributed by atoms with Crippen molar-refractivity contribution in [2.24, 2.45) is 5.92 Å². The number of piperazine rings is 1. The Hall–Kier alpha value is -0.0800. The predicted octanol–water partition coefficient (Wildman–Crippen LogP) is 2.64. The summed E-state index contributed by atoms with van der Waals surface area (Å²) in [5, 5.41) is 3.82. The fourth-order valence-electron chi connectivity index (χ4n) is 3.31. The minimum absolute atomic E-state index is 0.380. The molecule has 1 saturated carbocycles. The SMILES string of the molecule is CCC1(C)CNC(C2CCCCC2)CN1C. The number of hydrogen-bond donors (Lipinski definition) is 1. The Balaban J connectivity index is 1.91. The Morgan fingerprint density at radius 1 is 1.25 bits per heavy atom. The van der Waals surface area contributed by atoms with E-state index in [1.165, 1.54) is 51.6 Å². The molecule has 1 saturated heterocycles. The predicted molar refractivity (Wildman–Crippen MR) is 69.7 cm³/mol. The Morgan fingerprint density at radius 3 is 2.50 bits per heavy atom. The smallest absolute Gasteiger partial charge is 0.0300 e. The van der Waals surface area contributed by atoms with Crippen molar-refractivity contribution in [1.82, 2.24) is 10.2 Å². The van der Waals surface area contributed by atoms with Crippen LogP contribution in [0.15, 0.2) is 0 Å². The van der Waals surface area contributed by atoms with Gasteiger partial charge in [0.25, 0.3) is 0 Å². The topological polar surface area (TPSA) is 15.3 Å². The van der Waals surface area contributed by atoms with Crippen LogP contribution in [0.3, 0.4) is 0 Å². The van der Waals surface area contributed by atoms with E-state index in [4.69, 9.17) is 0 Å². The first kappa shape index (κ1) is 12.4. The first-order chi connectivity index (χ1) is 7.65. The zero-order chi connectivity index (χ0) is 11.6. The van der Waals surface area contributed by atoms with E-state index in [1.807, 2.05) is 0 Å². The summed E-state index contributed by atoms with van der Waals surface area (Å²) in [6, 6.07) is 0.755. The van der Waals surface area contributed by atoms with E-state index in [1.54, 1.807) is 0 Å². The van der Waals surface area contributed by atoms with Crippen molar-refractivity contribution in [3.8, 4) is 0 Å². The molecule has 1 aliphatic heterocycles. The summed E-state index contributed by atoms with van der Waals surface area (Å²) < 4.78 is 0. The van der Waals surface area contributed by atoms with Gasteiger partial charge in [-0.1, -0.05) is 26.2 Å². The molecule has 1 aliphatic carbocycles. The maximum atomic E-state index is 3.82. The van der Waals surface area contributed by atoms with Gasteiger partial charge in [0.1, 0.15) is 0 Å². The van der Waals surface area contributed by atoms with Crippen LogP contribution in [0.5, 0.6) is 0 Å². The van der Waals surface area contributed by atoms with Gasteiger partial charge >= 0.3 is 0 Å². The van der Waals surface area contributed by atoms with Crippen LogP contribution in [0.1, 0.15) is 52.4 Å². The zero-order valence-electron chi connectivity index (χ0n) is 11.3. The number of hydrogen-bond acceptors (Lipinski definition) is 2. The molecule has 2 unspecified atom stereocenters. The number of nitrogens with one attached hydrogen (secondary N) is 1. The van der Waals surface area contributed by atoms with Crippen molar-refractivity contribution in [3.63, 3.8) is 0 Å². The van der Waals surface area contributed by atoms with Crippen molar-refractivity contribution in [1.29, 1.82) is 0 Å². The van der Waals surface area contributed by atoms with E-state index in [9.17, 15) is 0 Å². The molecule has 2 rings (SSSR count). The molecule has 2 heteroatoms. The lowest BCUT2D eigenvalue weighted by atomic mass is 9.81. The van der Waals surface area contributed by atoms with Crippen molar-refractivity contribution in [2.75, 3.05) is 20.1 Å². The van der Waals surface area contributed by atoms with Gasteiger partial charge < -0.3 is 5.32 Å². The fourth-order valence-corrected chi connectivity index (χ4v) is 3.31. The van der Waals surface area contributed by atoms with Crippen LogP contribution in [0.2, 0.25) is 0 Å². The van der Waals surface area contributed by atoms with Crippen molar-refractivity contribution in [3.05, 3.63) is 0 Å². The van der Waals surface area contributed by atoms with Gasteiger partial charge in [-0.15, -0.1) is 0 Å². The van der Waals surface area contributed by atoms with E-state index in [-0.39, 0.29) is 0 Å². The lowest BCUT2D eigenvalue weighted by Gasteiger charge is -2.48. The van der Waals surface area contributed by atoms with Crippen LogP contribution in [0.25, 0.3) is 0 Å². The highest BCUT2D eigenvalue weighted by atomic mass is 15.2. The van der Waals surface area contributed by atoms with Crippen LogP contribution in [0.4, 0.5) is 0 Å². The highest BCUT2D eigenvalue weighted by Gasteiger charge is 2.36. The lowest BCUT2D eigenvalue weighted by molar-refractivity contribution is 0.0523. The monoisotopic (exact) mass is 224 g/mol. The minimum atomic E-state index is 0.380. The van der Waals surface area contributed by atoms with Crippen LogP contribution >= 0.6 is 0 Å². The summed E-state index contributed by atoms with van der Waals surface area (Å²) in [7, 11) is 2.31. The largest absolute Gasteiger partial charge is 0.311 e. The first-order valence-electron chi connectivity index (χ1n) is 7.10. The maximum absolute atomic E-state index is 3.82. The van der Waals surface area contributed by atoms with Crippen LogP contribution < -0.4 is 5.32 Å². The second-order valence-corrected chi connectivity index (χ2v) is 6.12.